The molecular weight excluding hydrogens is 374 g/mol. The van der Waals surface area contributed by atoms with E-state index in [0.717, 1.165) is 14.9 Å². The molecular formula is C17H22BrN3O3. The Kier molecular flexibility index (Phi) is 5.32. The predicted molar refractivity (Wildman–Crippen MR) is 95.6 cm³/mol. The molecule has 0 radical (unpaired) electrons. The maximum Gasteiger partial charge on any atom is 0.325 e. The van der Waals surface area contributed by atoms with Gasteiger partial charge >= 0.3 is 6.03 Å². The van der Waals surface area contributed by atoms with E-state index in [4.69, 9.17) is 0 Å². The number of carbonyl (C=O) groups is 3. The molecule has 0 unspecified atom stereocenters. The fourth-order valence-corrected chi connectivity index (χ4v) is 3.49. The zero-order chi connectivity index (χ0) is 18.1. The van der Waals surface area contributed by atoms with Crippen LogP contribution >= 0.6 is 15.9 Å². The Bertz CT molecular complexity index is 690. The summed E-state index contributed by atoms with van der Waals surface area (Å²) in [6.45, 7) is 7.30. The number of anilines is 1. The monoisotopic (exact) mass is 395 g/mol. The Hall–Kier alpha value is -1.89. The number of amides is 4. The average Bonchev–Trinajstić information content (AvgIpc) is 2.64. The summed E-state index contributed by atoms with van der Waals surface area (Å²) in [7, 11) is 0. The van der Waals surface area contributed by atoms with Crippen molar-refractivity contribution in [2.75, 3.05) is 11.9 Å². The first-order valence-corrected chi connectivity index (χ1v) is 8.62. The molecule has 7 heteroatoms. The van der Waals surface area contributed by atoms with Crippen LogP contribution in [0.15, 0.2) is 22.7 Å². The summed E-state index contributed by atoms with van der Waals surface area (Å²) in [5.41, 5.74) is 0.705. The van der Waals surface area contributed by atoms with E-state index in [2.05, 4.69) is 26.6 Å². The van der Waals surface area contributed by atoms with Crippen LogP contribution in [0.4, 0.5) is 10.5 Å². The number of hydrogen-bond donors (Lipinski definition) is 2. The number of aryl methyl sites for hydroxylation is 1. The fourth-order valence-electron chi connectivity index (χ4n) is 2.90. The molecule has 0 saturated carbocycles. The minimum atomic E-state index is -0.948. The fraction of sp³-hybridized carbons (Fsp3) is 0.471. The third kappa shape index (κ3) is 3.95. The van der Waals surface area contributed by atoms with Crippen molar-refractivity contribution < 1.29 is 14.4 Å². The molecule has 1 atom stereocenters. The SMILES string of the molecule is Cc1ccc(NC(=O)CN2C(=O)N[C@@](C)(CC(C)C)C2=O)c(Br)c1. The number of benzene rings is 1. The van der Waals surface area contributed by atoms with Crippen LogP contribution in [-0.4, -0.2) is 34.8 Å². The van der Waals surface area contributed by atoms with Gasteiger partial charge in [0.2, 0.25) is 5.91 Å². The van der Waals surface area contributed by atoms with Gasteiger partial charge in [-0.2, -0.15) is 0 Å². The summed E-state index contributed by atoms with van der Waals surface area (Å²) in [5.74, 6) is -0.535. The van der Waals surface area contributed by atoms with E-state index >= 15 is 0 Å². The van der Waals surface area contributed by atoms with Gasteiger partial charge in [-0.25, -0.2) is 4.79 Å². The molecule has 0 aliphatic carbocycles. The highest BCUT2D eigenvalue weighted by atomic mass is 79.9. The van der Waals surface area contributed by atoms with Gasteiger partial charge in [-0.3, -0.25) is 14.5 Å². The van der Waals surface area contributed by atoms with Crippen LogP contribution in [0.2, 0.25) is 0 Å². The van der Waals surface area contributed by atoms with Gasteiger partial charge in [-0.15, -0.1) is 0 Å². The van der Waals surface area contributed by atoms with Crippen LogP contribution in [0.5, 0.6) is 0 Å². The smallest absolute Gasteiger partial charge is 0.323 e. The van der Waals surface area contributed by atoms with Crippen molar-refractivity contribution in [1.82, 2.24) is 10.2 Å². The highest BCUT2D eigenvalue weighted by Crippen LogP contribution is 2.26. The maximum atomic E-state index is 12.5. The van der Waals surface area contributed by atoms with Gasteiger partial charge in [0.15, 0.2) is 0 Å². The molecule has 1 fully saturated rings. The standard InChI is InChI=1S/C17H22BrN3O3/c1-10(2)8-17(4)15(23)21(16(24)20-17)9-14(22)19-13-6-5-11(3)7-12(13)18/h5-7,10H,8-9H2,1-4H3,(H,19,22)(H,20,24)/t17-/m0/s1. The summed E-state index contributed by atoms with van der Waals surface area (Å²) in [6, 6.07) is 4.99. The van der Waals surface area contributed by atoms with Crippen LogP contribution < -0.4 is 10.6 Å². The van der Waals surface area contributed by atoms with Gasteiger partial charge < -0.3 is 10.6 Å². The minimum absolute atomic E-state index is 0.247. The Morgan fingerprint density at radius 3 is 2.62 bits per heavy atom. The lowest BCUT2D eigenvalue weighted by Gasteiger charge is -2.23. The number of hydrogen-bond acceptors (Lipinski definition) is 3. The number of halogens is 1. The molecule has 1 saturated heterocycles. The Balaban J connectivity index is 2.06. The van der Waals surface area contributed by atoms with Crippen LogP contribution in [0, 0.1) is 12.8 Å². The van der Waals surface area contributed by atoms with Gasteiger partial charge in [-0.1, -0.05) is 19.9 Å². The number of carbonyl (C=O) groups excluding carboxylic acids is 3. The molecule has 1 aliphatic heterocycles. The van der Waals surface area contributed by atoms with Gasteiger partial charge in [0, 0.05) is 4.47 Å². The van der Waals surface area contributed by atoms with E-state index in [0.29, 0.717) is 12.1 Å². The molecule has 1 heterocycles. The highest BCUT2D eigenvalue weighted by molar-refractivity contribution is 9.10. The Labute approximate surface area is 150 Å². The van der Waals surface area contributed by atoms with Crippen molar-refractivity contribution in [3.8, 4) is 0 Å². The molecule has 0 bridgehead atoms. The zero-order valence-corrected chi connectivity index (χ0v) is 15.9. The Morgan fingerprint density at radius 2 is 2.04 bits per heavy atom. The van der Waals surface area contributed by atoms with E-state index in [1.165, 1.54) is 0 Å². The summed E-state index contributed by atoms with van der Waals surface area (Å²) in [4.78, 5) is 37.8. The molecule has 24 heavy (non-hydrogen) atoms. The largest absolute Gasteiger partial charge is 0.325 e. The molecule has 1 aromatic carbocycles. The van der Waals surface area contributed by atoms with Crippen molar-refractivity contribution in [3.63, 3.8) is 0 Å². The minimum Gasteiger partial charge on any atom is -0.323 e. The number of nitrogens with zero attached hydrogens (tertiary/aromatic N) is 1. The van der Waals surface area contributed by atoms with E-state index in [1.807, 2.05) is 32.9 Å². The van der Waals surface area contributed by atoms with Gasteiger partial charge in [0.25, 0.3) is 5.91 Å². The summed E-state index contributed by atoms with van der Waals surface area (Å²) in [6.07, 6.45) is 0.527. The second-order valence-corrected chi connectivity index (χ2v) is 7.64. The molecule has 2 N–H and O–H groups in total. The van der Waals surface area contributed by atoms with Crippen LogP contribution in [0.1, 0.15) is 32.8 Å². The molecule has 0 aromatic heterocycles. The van der Waals surface area contributed by atoms with Crippen LogP contribution in [0.3, 0.4) is 0 Å². The van der Waals surface area contributed by atoms with E-state index < -0.39 is 17.5 Å². The second kappa shape index (κ2) is 6.93. The van der Waals surface area contributed by atoms with Crippen molar-refractivity contribution in [3.05, 3.63) is 28.2 Å². The third-order valence-corrected chi connectivity index (χ3v) is 4.52. The van der Waals surface area contributed by atoms with E-state index in [-0.39, 0.29) is 18.4 Å². The predicted octanol–water partition coefficient (Wildman–Crippen LogP) is 3.05. The molecule has 1 aromatic rings. The molecule has 0 spiro atoms. The van der Waals surface area contributed by atoms with Gasteiger partial charge in [-0.05, 0) is 59.8 Å². The number of imide groups is 1. The third-order valence-electron chi connectivity index (χ3n) is 3.86. The maximum absolute atomic E-state index is 12.5. The highest BCUT2D eigenvalue weighted by Gasteiger charge is 2.48. The normalized spacial score (nSPS) is 20.5. The summed E-state index contributed by atoms with van der Waals surface area (Å²) >= 11 is 3.38. The number of rotatable bonds is 5. The van der Waals surface area contributed by atoms with Crippen molar-refractivity contribution in [2.45, 2.75) is 39.7 Å². The van der Waals surface area contributed by atoms with Crippen LogP contribution in [-0.2, 0) is 9.59 Å². The summed E-state index contributed by atoms with van der Waals surface area (Å²) in [5, 5.41) is 5.41. The van der Waals surface area contributed by atoms with Crippen LogP contribution in [0.25, 0.3) is 0 Å². The first-order valence-electron chi connectivity index (χ1n) is 7.82. The molecule has 1 aliphatic rings. The van der Waals surface area contributed by atoms with E-state index in [1.54, 1.807) is 13.0 Å². The lowest BCUT2D eigenvalue weighted by atomic mass is 9.91. The summed E-state index contributed by atoms with van der Waals surface area (Å²) < 4.78 is 0.748. The lowest BCUT2D eigenvalue weighted by molar-refractivity contribution is -0.133. The second-order valence-electron chi connectivity index (χ2n) is 6.78. The van der Waals surface area contributed by atoms with Gasteiger partial charge in [0.1, 0.15) is 12.1 Å². The molecule has 130 valence electrons. The topological polar surface area (TPSA) is 78.5 Å². The molecule has 2 rings (SSSR count). The first kappa shape index (κ1) is 18.4. The quantitative estimate of drug-likeness (QED) is 0.751. The number of urea groups is 1. The average molecular weight is 396 g/mol. The lowest BCUT2D eigenvalue weighted by Crippen LogP contribution is -2.45. The van der Waals surface area contributed by atoms with E-state index in [9.17, 15) is 14.4 Å². The van der Waals surface area contributed by atoms with Crippen molar-refractivity contribution in [2.24, 2.45) is 5.92 Å². The van der Waals surface area contributed by atoms with Crippen molar-refractivity contribution in [1.29, 1.82) is 0 Å². The number of nitrogens with one attached hydrogen (secondary N) is 2. The first-order chi connectivity index (χ1) is 11.1. The molecule has 4 amide bonds. The van der Waals surface area contributed by atoms with Gasteiger partial charge in [0.05, 0.1) is 5.69 Å². The Morgan fingerprint density at radius 1 is 1.38 bits per heavy atom. The zero-order valence-electron chi connectivity index (χ0n) is 14.3. The molecule has 6 nitrogen and oxygen atoms in total. The van der Waals surface area contributed by atoms with Crippen molar-refractivity contribution >= 4 is 39.5 Å².